The van der Waals surface area contributed by atoms with Crippen LogP contribution in [0.4, 0.5) is 23.4 Å². The minimum atomic E-state index is -4.12. The average molecular weight is 249 g/mol. The maximum Gasteiger partial charge on any atom is 0.324 e. The van der Waals surface area contributed by atoms with Gasteiger partial charge in [0.15, 0.2) is 5.82 Å². The van der Waals surface area contributed by atoms with Gasteiger partial charge in [-0.2, -0.15) is 8.78 Å². The van der Waals surface area contributed by atoms with Gasteiger partial charge in [-0.15, -0.1) is 10.2 Å². The van der Waals surface area contributed by atoms with Gasteiger partial charge in [-0.3, -0.25) is 4.40 Å². The topological polar surface area (TPSA) is 55.1 Å². The highest BCUT2D eigenvalue weighted by Crippen LogP contribution is 2.23. The van der Waals surface area contributed by atoms with Crippen LogP contribution < -0.4 is 5.32 Å². The quantitative estimate of drug-likeness (QED) is 0.833. The van der Waals surface area contributed by atoms with E-state index in [9.17, 15) is 17.6 Å². The van der Waals surface area contributed by atoms with E-state index in [1.54, 1.807) is 0 Å². The Morgan fingerprint density at radius 2 is 2.18 bits per heavy atom. The fourth-order valence-corrected chi connectivity index (χ4v) is 1.16. The predicted octanol–water partition coefficient (Wildman–Crippen LogP) is 1.44. The van der Waals surface area contributed by atoms with E-state index in [0.717, 1.165) is 0 Å². The van der Waals surface area contributed by atoms with Gasteiger partial charge in [-0.1, -0.05) is 0 Å². The van der Waals surface area contributed by atoms with Crippen LogP contribution in [0.1, 0.15) is 0 Å². The number of halogens is 4. The second kappa shape index (κ2) is 4.15. The minimum Gasteiger partial charge on any atom is -0.361 e. The number of hydrogen-bond donors (Lipinski definition) is 1. The van der Waals surface area contributed by atoms with Crippen molar-refractivity contribution in [2.24, 2.45) is 0 Å². The molecule has 1 N–H and O–H groups in total. The standard InChI is InChI=1S/C8H7F4N5/c9-7(10)8(11,12)3-14-5-6-16-15-4-17(6)2-1-13-5/h1-2,4,7H,3H2,(H,13,14). The zero-order chi connectivity index (χ0) is 12.5. The first-order valence-electron chi connectivity index (χ1n) is 4.55. The molecule has 0 spiro atoms. The summed E-state index contributed by atoms with van der Waals surface area (Å²) in [7, 11) is 0. The molecule has 0 aliphatic heterocycles. The molecular weight excluding hydrogens is 242 g/mol. The van der Waals surface area contributed by atoms with Crippen LogP contribution >= 0.6 is 0 Å². The van der Waals surface area contributed by atoms with E-state index in [2.05, 4.69) is 20.5 Å². The fraction of sp³-hybridized carbons (Fsp3) is 0.375. The maximum atomic E-state index is 12.7. The molecule has 2 aromatic heterocycles. The minimum absolute atomic E-state index is 0.0228. The van der Waals surface area contributed by atoms with Gasteiger partial charge in [-0.25, -0.2) is 13.8 Å². The second-order valence-corrected chi connectivity index (χ2v) is 3.25. The van der Waals surface area contributed by atoms with E-state index in [-0.39, 0.29) is 11.5 Å². The lowest BCUT2D eigenvalue weighted by atomic mass is 10.3. The van der Waals surface area contributed by atoms with Crippen molar-refractivity contribution in [2.45, 2.75) is 12.3 Å². The summed E-state index contributed by atoms with van der Waals surface area (Å²) < 4.78 is 50.6. The molecule has 0 bridgehead atoms. The zero-order valence-electron chi connectivity index (χ0n) is 8.32. The molecular formula is C8H7F4N5. The molecule has 0 aromatic carbocycles. The van der Waals surface area contributed by atoms with Crippen molar-refractivity contribution in [3.63, 3.8) is 0 Å². The Labute approximate surface area is 92.5 Å². The van der Waals surface area contributed by atoms with Gasteiger partial charge in [0.25, 0.3) is 0 Å². The lowest BCUT2D eigenvalue weighted by Gasteiger charge is -2.15. The first-order chi connectivity index (χ1) is 8.00. The number of nitrogens with zero attached hydrogens (tertiary/aromatic N) is 4. The summed E-state index contributed by atoms with van der Waals surface area (Å²) in [6.07, 6.45) is 0.436. The highest BCUT2D eigenvalue weighted by molar-refractivity contribution is 5.61. The summed E-state index contributed by atoms with van der Waals surface area (Å²) in [5.41, 5.74) is 0.192. The molecule has 0 unspecified atom stereocenters. The third kappa shape index (κ3) is 2.27. The number of anilines is 1. The number of aromatic nitrogens is 4. The Morgan fingerprint density at radius 3 is 2.88 bits per heavy atom. The van der Waals surface area contributed by atoms with Gasteiger partial charge in [0.05, 0.1) is 6.54 Å². The number of nitrogens with one attached hydrogen (secondary N) is 1. The normalized spacial score (nSPS) is 12.3. The molecule has 2 heterocycles. The predicted molar refractivity (Wildman–Crippen MR) is 50.2 cm³/mol. The Balaban J connectivity index is 2.17. The van der Waals surface area contributed by atoms with E-state index in [1.165, 1.54) is 23.1 Å². The molecule has 17 heavy (non-hydrogen) atoms. The molecule has 0 amide bonds. The highest BCUT2D eigenvalue weighted by atomic mass is 19.3. The van der Waals surface area contributed by atoms with Gasteiger partial charge in [0.2, 0.25) is 5.65 Å². The van der Waals surface area contributed by atoms with Gasteiger partial charge >= 0.3 is 12.3 Å². The van der Waals surface area contributed by atoms with Crippen LogP contribution in [0.2, 0.25) is 0 Å². The molecule has 9 heteroatoms. The van der Waals surface area contributed by atoms with Crippen LogP contribution in [0, 0.1) is 0 Å². The molecule has 2 aromatic rings. The average Bonchev–Trinajstić information content (AvgIpc) is 2.74. The Kier molecular flexibility index (Phi) is 2.82. The Hall–Kier alpha value is -1.93. The molecule has 0 saturated heterocycles. The third-order valence-electron chi connectivity index (χ3n) is 2.03. The lowest BCUT2D eigenvalue weighted by Crippen LogP contribution is -2.35. The zero-order valence-corrected chi connectivity index (χ0v) is 8.32. The smallest absolute Gasteiger partial charge is 0.324 e. The highest BCUT2D eigenvalue weighted by Gasteiger charge is 2.40. The molecule has 0 atom stereocenters. The van der Waals surface area contributed by atoms with Gasteiger partial charge in [-0.05, 0) is 0 Å². The Morgan fingerprint density at radius 1 is 1.41 bits per heavy atom. The van der Waals surface area contributed by atoms with E-state index >= 15 is 0 Å². The maximum absolute atomic E-state index is 12.7. The van der Waals surface area contributed by atoms with Crippen LogP contribution in [0.25, 0.3) is 5.65 Å². The van der Waals surface area contributed by atoms with Crippen molar-refractivity contribution in [2.75, 3.05) is 11.9 Å². The Bertz CT molecular complexity index is 511. The number of rotatable bonds is 4. The largest absolute Gasteiger partial charge is 0.361 e. The summed E-state index contributed by atoms with van der Waals surface area (Å²) >= 11 is 0. The van der Waals surface area contributed by atoms with Crippen LogP contribution in [0.3, 0.4) is 0 Å². The van der Waals surface area contributed by atoms with Gasteiger partial charge in [0.1, 0.15) is 6.33 Å². The molecule has 0 aliphatic carbocycles. The summed E-state index contributed by atoms with van der Waals surface area (Å²) in [5, 5.41) is 9.29. The van der Waals surface area contributed by atoms with Crippen LogP contribution in [0.15, 0.2) is 18.7 Å². The van der Waals surface area contributed by atoms with Crippen molar-refractivity contribution in [3.05, 3.63) is 18.7 Å². The SMILES string of the molecule is FC(F)C(F)(F)CNc1nccn2cnnc12. The monoisotopic (exact) mass is 249 g/mol. The second-order valence-electron chi connectivity index (χ2n) is 3.25. The molecule has 0 radical (unpaired) electrons. The first kappa shape index (κ1) is 11.6. The summed E-state index contributed by atoms with van der Waals surface area (Å²) in [6.45, 7) is -1.22. The van der Waals surface area contributed by atoms with Crippen LogP contribution in [0.5, 0.6) is 0 Å². The molecule has 0 fully saturated rings. The molecule has 2 rings (SSSR count). The van der Waals surface area contributed by atoms with Gasteiger partial charge < -0.3 is 5.32 Å². The van der Waals surface area contributed by atoms with E-state index in [1.807, 2.05) is 0 Å². The number of alkyl halides is 4. The molecule has 5 nitrogen and oxygen atoms in total. The van der Waals surface area contributed by atoms with Crippen LogP contribution in [-0.2, 0) is 0 Å². The number of fused-ring (bicyclic) bond motifs is 1. The summed E-state index contributed by atoms with van der Waals surface area (Å²) in [6, 6.07) is 0. The summed E-state index contributed by atoms with van der Waals surface area (Å²) in [4.78, 5) is 3.73. The van der Waals surface area contributed by atoms with Gasteiger partial charge in [0, 0.05) is 12.4 Å². The van der Waals surface area contributed by atoms with Crippen molar-refractivity contribution in [3.8, 4) is 0 Å². The van der Waals surface area contributed by atoms with E-state index in [4.69, 9.17) is 0 Å². The third-order valence-corrected chi connectivity index (χ3v) is 2.03. The summed E-state index contributed by atoms with van der Waals surface area (Å²) in [5.74, 6) is -4.14. The fourth-order valence-electron chi connectivity index (χ4n) is 1.16. The van der Waals surface area contributed by atoms with Crippen molar-refractivity contribution in [1.29, 1.82) is 0 Å². The van der Waals surface area contributed by atoms with E-state index in [0.29, 0.717) is 0 Å². The lowest BCUT2D eigenvalue weighted by molar-refractivity contribution is -0.117. The van der Waals surface area contributed by atoms with Crippen LogP contribution in [-0.4, -0.2) is 38.5 Å². The van der Waals surface area contributed by atoms with Crippen molar-refractivity contribution >= 4 is 11.5 Å². The molecule has 92 valence electrons. The van der Waals surface area contributed by atoms with Crippen molar-refractivity contribution in [1.82, 2.24) is 19.6 Å². The number of hydrogen-bond acceptors (Lipinski definition) is 4. The van der Waals surface area contributed by atoms with E-state index < -0.39 is 18.9 Å². The van der Waals surface area contributed by atoms with Crippen molar-refractivity contribution < 1.29 is 17.6 Å². The molecule has 0 aliphatic rings. The molecule has 0 saturated carbocycles. The first-order valence-corrected chi connectivity index (χ1v) is 4.55.